The molecule has 2 heterocycles. The lowest BCUT2D eigenvalue weighted by Gasteiger charge is -1.97. The zero-order valence-corrected chi connectivity index (χ0v) is 11.2. The number of hydrogen-bond donors (Lipinski definition) is 0. The smallest absolute Gasteiger partial charge is 0.140 e. The van der Waals surface area contributed by atoms with Crippen LogP contribution in [0.1, 0.15) is 20.9 Å². The van der Waals surface area contributed by atoms with Gasteiger partial charge in [0.15, 0.2) is 0 Å². The molecule has 0 atom stereocenters. The maximum Gasteiger partial charge on any atom is 0.140 e. The van der Waals surface area contributed by atoms with E-state index in [0.29, 0.717) is 20.9 Å². The second kappa shape index (κ2) is 3.93. The van der Waals surface area contributed by atoms with Crippen LogP contribution in [-0.2, 0) is 0 Å². The highest BCUT2D eigenvalue weighted by Crippen LogP contribution is 2.41. The van der Waals surface area contributed by atoms with Crippen LogP contribution in [0.25, 0.3) is 9.75 Å². The van der Waals surface area contributed by atoms with Gasteiger partial charge in [-0.3, -0.25) is 0 Å². The summed E-state index contributed by atoms with van der Waals surface area (Å²) in [5, 5.41) is 0. The first-order valence-corrected chi connectivity index (χ1v) is 6.58. The molecule has 0 nitrogen and oxygen atoms in total. The normalized spacial score (nSPS) is 11.1. The van der Waals surface area contributed by atoms with E-state index in [2.05, 4.69) is 0 Å². The number of thiophene rings is 2. The Morgan fingerprint density at radius 2 is 1.00 bits per heavy atom. The third kappa shape index (κ3) is 1.60. The molecule has 0 spiro atoms. The average Bonchev–Trinajstić information content (AvgIpc) is 2.64. The lowest BCUT2D eigenvalue weighted by molar-refractivity contribution is 0.615. The molecule has 2 rings (SSSR count). The molecule has 0 bridgehead atoms. The lowest BCUT2D eigenvalue weighted by Crippen LogP contribution is -1.80. The van der Waals surface area contributed by atoms with Crippen LogP contribution in [0.3, 0.4) is 0 Å². The molecular formula is C12H12F2S2. The predicted octanol–water partition coefficient (Wildman–Crippen LogP) is 4.99. The third-order valence-electron chi connectivity index (χ3n) is 2.67. The van der Waals surface area contributed by atoms with Gasteiger partial charge in [-0.25, -0.2) is 8.78 Å². The van der Waals surface area contributed by atoms with E-state index in [1.165, 1.54) is 22.7 Å². The zero-order valence-electron chi connectivity index (χ0n) is 9.57. The van der Waals surface area contributed by atoms with Gasteiger partial charge in [-0.15, -0.1) is 22.7 Å². The summed E-state index contributed by atoms with van der Waals surface area (Å²) < 4.78 is 27.2. The van der Waals surface area contributed by atoms with E-state index in [9.17, 15) is 8.78 Å². The Morgan fingerprint density at radius 1 is 0.688 bits per heavy atom. The van der Waals surface area contributed by atoms with E-state index >= 15 is 0 Å². The van der Waals surface area contributed by atoms with Crippen LogP contribution in [0.5, 0.6) is 0 Å². The Kier molecular flexibility index (Phi) is 2.88. The molecule has 0 aromatic carbocycles. The van der Waals surface area contributed by atoms with Crippen molar-refractivity contribution in [3.8, 4) is 9.75 Å². The van der Waals surface area contributed by atoms with Gasteiger partial charge in [0.2, 0.25) is 0 Å². The molecule has 0 amide bonds. The summed E-state index contributed by atoms with van der Waals surface area (Å²) in [4.78, 5) is 3.06. The second-order valence-electron chi connectivity index (χ2n) is 3.85. The van der Waals surface area contributed by atoms with Crippen LogP contribution >= 0.6 is 22.7 Å². The second-order valence-corrected chi connectivity index (χ2v) is 6.30. The molecule has 0 saturated carbocycles. The molecule has 0 unspecified atom stereocenters. The van der Waals surface area contributed by atoms with Crippen molar-refractivity contribution in [2.24, 2.45) is 0 Å². The largest absolute Gasteiger partial charge is 0.205 e. The first-order valence-electron chi connectivity index (χ1n) is 4.94. The van der Waals surface area contributed by atoms with E-state index in [4.69, 9.17) is 0 Å². The van der Waals surface area contributed by atoms with Crippen molar-refractivity contribution in [3.05, 3.63) is 32.5 Å². The van der Waals surface area contributed by atoms with E-state index in [1.54, 1.807) is 27.7 Å². The van der Waals surface area contributed by atoms with Crippen molar-refractivity contribution in [3.63, 3.8) is 0 Å². The Hall–Kier alpha value is -0.740. The quantitative estimate of drug-likeness (QED) is 0.676. The van der Waals surface area contributed by atoms with Gasteiger partial charge in [0, 0.05) is 20.9 Å². The highest BCUT2D eigenvalue weighted by atomic mass is 32.1. The molecule has 0 aliphatic heterocycles. The van der Waals surface area contributed by atoms with Crippen LogP contribution in [-0.4, -0.2) is 0 Å². The fourth-order valence-electron chi connectivity index (χ4n) is 1.71. The number of hydrogen-bond acceptors (Lipinski definition) is 2. The van der Waals surface area contributed by atoms with Crippen molar-refractivity contribution in [1.82, 2.24) is 0 Å². The molecule has 0 aliphatic rings. The van der Waals surface area contributed by atoms with E-state index in [1.807, 2.05) is 0 Å². The van der Waals surface area contributed by atoms with Crippen molar-refractivity contribution >= 4 is 22.7 Å². The van der Waals surface area contributed by atoms with Gasteiger partial charge in [0.25, 0.3) is 0 Å². The summed E-state index contributed by atoms with van der Waals surface area (Å²) in [6.45, 7) is 7.01. The third-order valence-corrected chi connectivity index (χ3v) is 5.20. The van der Waals surface area contributed by atoms with Crippen LogP contribution in [0.4, 0.5) is 8.78 Å². The van der Waals surface area contributed by atoms with Crippen LogP contribution in [0.2, 0.25) is 0 Å². The minimum absolute atomic E-state index is 0.161. The van der Waals surface area contributed by atoms with Gasteiger partial charge in [-0.2, -0.15) is 0 Å². The first kappa shape index (κ1) is 11.7. The van der Waals surface area contributed by atoms with Crippen LogP contribution in [0.15, 0.2) is 0 Å². The maximum absolute atomic E-state index is 13.6. The standard InChI is InChI=1S/C12H12F2S2/c1-5-9(13)7(3)15-11(5)12-6(2)10(14)8(4)16-12/h1-4H3. The van der Waals surface area contributed by atoms with E-state index < -0.39 is 0 Å². The lowest BCUT2D eigenvalue weighted by atomic mass is 10.2. The van der Waals surface area contributed by atoms with Gasteiger partial charge in [0.1, 0.15) is 11.6 Å². The molecule has 86 valence electrons. The number of aryl methyl sites for hydroxylation is 2. The summed E-state index contributed by atoms with van der Waals surface area (Å²) in [6.07, 6.45) is 0. The molecule has 0 aliphatic carbocycles. The van der Waals surface area contributed by atoms with E-state index in [-0.39, 0.29) is 11.6 Å². The molecular weight excluding hydrogens is 246 g/mol. The van der Waals surface area contributed by atoms with Crippen molar-refractivity contribution in [2.45, 2.75) is 27.7 Å². The summed E-state index contributed by atoms with van der Waals surface area (Å²) in [6, 6.07) is 0. The highest BCUT2D eigenvalue weighted by Gasteiger charge is 2.19. The average molecular weight is 258 g/mol. The minimum atomic E-state index is -0.161. The SMILES string of the molecule is Cc1sc(-c2sc(C)c(F)c2C)c(C)c1F. The summed E-state index contributed by atoms with van der Waals surface area (Å²) in [5.41, 5.74) is 1.26. The van der Waals surface area contributed by atoms with Crippen molar-refractivity contribution in [1.29, 1.82) is 0 Å². The Bertz CT molecular complexity index is 500. The Labute approximate surface area is 102 Å². The molecule has 0 fully saturated rings. The Morgan fingerprint density at radius 3 is 1.19 bits per heavy atom. The predicted molar refractivity (Wildman–Crippen MR) is 66.5 cm³/mol. The highest BCUT2D eigenvalue weighted by molar-refractivity contribution is 7.22. The molecule has 0 N–H and O–H groups in total. The molecule has 0 saturated heterocycles. The Balaban J connectivity index is 2.68. The van der Waals surface area contributed by atoms with Crippen LogP contribution in [0, 0.1) is 39.3 Å². The molecule has 0 radical (unpaired) electrons. The van der Waals surface area contributed by atoms with Gasteiger partial charge < -0.3 is 0 Å². The van der Waals surface area contributed by atoms with Gasteiger partial charge >= 0.3 is 0 Å². The molecule has 2 aromatic rings. The zero-order chi connectivity index (χ0) is 12.0. The van der Waals surface area contributed by atoms with Crippen LogP contribution < -0.4 is 0 Å². The summed E-state index contributed by atoms with van der Waals surface area (Å²) >= 11 is 2.80. The molecule has 2 aromatic heterocycles. The summed E-state index contributed by atoms with van der Waals surface area (Å²) in [5.74, 6) is -0.322. The molecule has 4 heteroatoms. The van der Waals surface area contributed by atoms with Gasteiger partial charge in [-0.1, -0.05) is 0 Å². The summed E-state index contributed by atoms with van der Waals surface area (Å²) in [7, 11) is 0. The van der Waals surface area contributed by atoms with E-state index in [0.717, 1.165) is 9.75 Å². The monoisotopic (exact) mass is 258 g/mol. The number of rotatable bonds is 1. The fraction of sp³-hybridized carbons (Fsp3) is 0.333. The van der Waals surface area contributed by atoms with Crippen molar-refractivity contribution < 1.29 is 8.78 Å². The topological polar surface area (TPSA) is 0 Å². The fourth-order valence-corrected chi connectivity index (χ4v) is 4.03. The molecule has 16 heavy (non-hydrogen) atoms. The number of halogens is 2. The minimum Gasteiger partial charge on any atom is -0.205 e. The van der Waals surface area contributed by atoms with Crippen molar-refractivity contribution in [2.75, 3.05) is 0 Å². The van der Waals surface area contributed by atoms with Gasteiger partial charge in [0.05, 0.1) is 9.75 Å². The maximum atomic E-state index is 13.6. The first-order chi connectivity index (χ1) is 7.43. The van der Waals surface area contributed by atoms with Gasteiger partial charge in [-0.05, 0) is 27.7 Å².